The third kappa shape index (κ3) is 9.13. The number of carbonyl (C=O) groups excluding carboxylic acids is 2. The number of carbonyl (C=O) groups is 2. The Labute approximate surface area is 169 Å². The van der Waals surface area contributed by atoms with Gasteiger partial charge in [-0.2, -0.15) is 13.2 Å². The molecule has 0 aliphatic carbocycles. The molecule has 0 aliphatic heterocycles. The average molecular weight is 414 g/mol. The maximum absolute atomic E-state index is 12.8. The van der Waals surface area contributed by atoms with Gasteiger partial charge < -0.3 is 15.0 Å². The third-order valence-electron chi connectivity index (χ3n) is 3.92. The Morgan fingerprint density at radius 3 is 2.28 bits per heavy atom. The lowest BCUT2D eigenvalue weighted by Gasteiger charge is -2.26. The van der Waals surface area contributed by atoms with Gasteiger partial charge in [-0.15, -0.1) is 6.58 Å². The molecular formula is C21H29F3N2O3. The summed E-state index contributed by atoms with van der Waals surface area (Å²) in [6.07, 6.45) is -1.92. The average Bonchev–Trinajstić information content (AvgIpc) is 2.58. The maximum Gasteiger partial charge on any atom is 0.416 e. The molecular weight excluding hydrogens is 385 g/mol. The maximum atomic E-state index is 12.8. The molecule has 1 aromatic carbocycles. The quantitative estimate of drug-likeness (QED) is 0.381. The second-order valence-corrected chi connectivity index (χ2v) is 7.76. The lowest BCUT2D eigenvalue weighted by atomic mass is 10.0. The van der Waals surface area contributed by atoms with E-state index in [0.717, 1.165) is 12.1 Å². The molecule has 0 aromatic heterocycles. The van der Waals surface area contributed by atoms with Gasteiger partial charge in [-0.25, -0.2) is 0 Å². The van der Waals surface area contributed by atoms with E-state index >= 15 is 0 Å². The molecule has 1 rings (SSSR count). The highest BCUT2D eigenvalue weighted by Crippen LogP contribution is 2.29. The van der Waals surface area contributed by atoms with Crippen LogP contribution in [0, 0.1) is 0 Å². The topological polar surface area (TPSA) is 58.6 Å². The molecule has 1 aromatic rings. The fourth-order valence-electron chi connectivity index (χ4n) is 2.58. The minimum atomic E-state index is -4.41. The SMILES string of the molecule is C=CCCN[C@@H](Cc1ccc(C(F)(F)F)cc1)C(=O)N(C)CC(=O)OC(C)(C)C. The first-order chi connectivity index (χ1) is 13.3. The summed E-state index contributed by atoms with van der Waals surface area (Å²) in [5.41, 5.74) is -0.832. The zero-order valence-electron chi connectivity index (χ0n) is 17.3. The summed E-state index contributed by atoms with van der Waals surface area (Å²) in [6.45, 7) is 9.08. The highest BCUT2D eigenvalue weighted by Gasteiger charge is 2.30. The van der Waals surface area contributed by atoms with E-state index in [1.54, 1.807) is 26.8 Å². The van der Waals surface area contributed by atoms with Crippen molar-refractivity contribution in [2.24, 2.45) is 0 Å². The van der Waals surface area contributed by atoms with Gasteiger partial charge in [-0.05, 0) is 57.9 Å². The Hall–Kier alpha value is -2.35. The summed E-state index contributed by atoms with van der Waals surface area (Å²) in [6, 6.07) is 3.99. The Morgan fingerprint density at radius 1 is 1.21 bits per heavy atom. The largest absolute Gasteiger partial charge is 0.459 e. The lowest BCUT2D eigenvalue weighted by Crippen LogP contribution is -2.48. The number of halogens is 3. The second-order valence-electron chi connectivity index (χ2n) is 7.76. The van der Waals surface area contributed by atoms with Crippen LogP contribution in [0.1, 0.15) is 38.3 Å². The van der Waals surface area contributed by atoms with E-state index in [9.17, 15) is 22.8 Å². The molecule has 1 N–H and O–H groups in total. The fourth-order valence-corrected chi connectivity index (χ4v) is 2.58. The Bertz CT molecular complexity index is 695. The fraction of sp³-hybridized carbons (Fsp3) is 0.524. The molecule has 0 aliphatic rings. The zero-order valence-corrected chi connectivity index (χ0v) is 17.3. The zero-order chi connectivity index (χ0) is 22.2. The van der Waals surface area contributed by atoms with E-state index in [1.165, 1.54) is 24.1 Å². The summed E-state index contributed by atoms with van der Waals surface area (Å²) in [5.74, 6) is -0.882. The summed E-state index contributed by atoms with van der Waals surface area (Å²) >= 11 is 0. The van der Waals surface area contributed by atoms with Crippen LogP contribution >= 0.6 is 0 Å². The predicted molar refractivity (Wildman–Crippen MR) is 105 cm³/mol. The van der Waals surface area contributed by atoms with E-state index in [1.807, 2.05) is 0 Å². The van der Waals surface area contributed by atoms with Crippen molar-refractivity contribution in [2.45, 2.75) is 51.4 Å². The molecule has 29 heavy (non-hydrogen) atoms. The van der Waals surface area contributed by atoms with Crippen LogP contribution in [-0.2, 0) is 26.9 Å². The number of esters is 1. The predicted octanol–water partition coefficient (Wildman–Crippen LogP) is 3.58. The van der Waals surface area contributed by atoms with E-state index in [-0.39, 0.29) is 18.9 Å². The van der Waals surface area contributed by atoms with Crippen LogP contribution in [0.4, 0.5) is 13.2 Å². The van der Waals surface area contributed by atoms with Crippen molar-refractivity contribution in [3.05, 3.63) is 48.0 Å². The Balaban J connectivity index is 2.86. The van der Waals surface area contributed by atoms with E-state index in [0.29, 0.717) is 18.5 Å². The number of ether oxygens (including phenoxy) is 1. The van der Waals surface area contributed by atoms with Gasteiger partial charge in [0, 0.05) is 7.05 Å². The van der Waals surface area contributed by atoms with Gasteiger partial charge in [0.05, 0.1) is 11.6 Å². The second kappa shape index (κ2) is 10.4. The van der Waals surface area contributed by atoms with Gasteiger partial charge in [0.25, 0.3) is 0 Å². The molecule has 1 atom stereocenters. The van der Waals surface area contributed by atoms with Crippen LogP contribution in [0.25, 0.3) is 0 Å². The third-order valence-corrected chi connectivity index (χ3v) is 3.92. The molecule has 5 nitrogen and oxygen atoms in total. The van der Waals surface area contributed by atoms with Gasteiger partial charge in [0.1, 0.15) is 12.1 Å². The molecule has 0 spiro atoms. The highest BCUT2D eigenvalue weighted by molar-refractivity contribution is 5.86. The van der Waals surface area contributed by atoms with Crippen LogP contribution in [-0.4, -0.2) is 48.6 Å². The number of nitrogens with one attached hydrogen (secondary N) is 1. The van der Waals surface area contributed by atoms with Crippen LogP contribution in [0.5, 0.6) is 0 Å². The Kier molecular flexibility index (Phi) is 8.88. The molecule has 162 valence electrons. The van der Waals surface area contributed by atoms with E-state index in [4.69, 9.17) is 4.74 Å². The summed E-state index contributed by atoms with van der Waals surface area (Å²) < 4.78 is 43.4. The van der Waals surface area contributed by atoms with Crippen molar-refractivity contribution < 1.29 is 27.5 Å². The van der Waals surface area contributed by atoms with Gasteiger partial charge in [-0.3, -0.25) is 9.59 Å². The number of hydrogen-bond donors (Lipinski definition) is 1. The molecule has 0 fully saturated rings. The van der Waals surface area contributed by atoms with Crippen molar-refractivity contribution in [2.75, 3.05) is 20.1 Å². The van der Waals surface area contributed by atoms with Gasteiger partial charge >= 0.3 is 12.1 Å². The van der Waals surface area contributed by atoms with Gasteiger partial charge in [-0.1, -0.05) is 18.2 Å². The van der Waals surface area contributed by atoms with Crippen molar-refractivity contribution in [1.29, 1.82) is 0 Å². The van der Waals surface area contributed by atoms with Crippen LogP contribution in [0.3, 0.4) is 0 Å². The molecule has 0 saturated heterocycles. The minimum Gasteiger partial charge on any atom is -0.459 e. The summed E-state index contributed by atoms with van der Waals surface area (Å²) in [7, 11) is 1.49. The number of nitrogens with zero attached hydrogens (tertiary/aromatic N) is 1. The lowest BCUT2D eigenvalue weighted by molar-refractivity contribution is -0.158. The first kappa shape index (κ1) is 24.7. The van der Waals surface area contributed by atoms with Crippen molar-refractivity contribution in [1.82, 2.24) is 10.2 Å². The first-order valence-corrected chi connectivity index (χ1v) is 9.30. The summed E-state index contributed by atoms with van der Waals surface area (Å²) in [5, 5.41) is 3.08. The molecule has 1 amide bonds. The van der Waals surface area contributed by atoms with Crippen molar-refractivity contribution in [3.63, 3.8) is 0 Å². The molecule has 0 heterocycles. The van der Waals surface area contributed by atoms with E-state index in [2.05, 4.69) is 11.9 Å². The van der Waals surface area contributed by atoms with Crippen molar-refractivity contribution >= 4 is 11.9 Å². The molecule has 0 bridgehead atoms. The van der Waals surface area contributed by atoms with Crippen LogP contribution in [0.2, 0.25) is 0 Å². The first-order valence-electron chi connectivity index (χ1n) is 9.30. The number of likely N-dealkylation sites (N-methyl/N-ethyl adjacent to an activating group) is 1. The van der Waals surface area contributed by atoms with Crippen LogP contribution < -0.4 is 5.32 Å². The molecule has 8 heteroatoms. The summed E-state index contributed by atoms with van der Waals surface area (Å²) in [4.78, 5) is 26.1. The standard InChI is InChI=1S/C21H29F3N2O3/c1-6-7-12-25-17(13-15-8-10-16(11-9-15)21(22,23)24)19(28)26(5)14-18(27)29-20(2,3)4/h6,8-11,17,25H,1,7,12-14H2,2-5H3/t17-/m0/s1. The molecule has 0 radical (unpaired) electrons. The van der Waals surface area contributed by atoms with Gasteiger partial charge in [0.2, 0.25) is 5.91 Å². The molecule has 0 unspecified atom stereocenters. The monoisotopic (exact) mass is 414 g/mol. The Morgan fingerprint density at radius 2 is 1.79 bits per heavy atom. The normalized spacial score (nSPS) is 12.9. The van der Waals surface area contributed by atoms with E-state index < -0.39 is 29.4 Å². The number of amides is 1. The van der Waals surface area contributed by atoms with Crippen LogP contribution in [0.15, 0.2) is 36.9 Å². The molecule has 0 saturated carbocycles. The number of hydrogen-bond acceptors (Lipinski definition) is 4. The van der Waals surface area contributed by atoms with Gasteiger partial charge in [0.15, 0.2) is 0 Å². The minimum absolute atomic E-state index is 0.187. The highest BCUT2D eigenvalue weighted by atomic mass is 19.4. The van der Waals surface area contributed by atoms with Crippen molar-refractivity contribution in [3.8, 4) is 0 Å². The smallest absolute Gasteiger partial charge is 0.416 e. The number of benzene rings is 1. The number of rotatable bonds is 9. The number of alkyl halides is 3.